The van der Waals surface area contributed by atoms with E-state index in [2.05, 4.69) is 35.4 Å². The molecule has 0 saturated heterocycles. The number of rotatable bonds is 2. The lowest BCUT2D eigenvalue weighted by Gasteiger charge is -2.09. The van der Waals surface area contributed by atoms with Crippen LogP contribution in [0.4, 0.5) is 5.69 Å². The first-order valence-electron chi connectivity index (χ1n) is 6.37. The Kier molecular flexibility index (Phi) is 2.95. The molecule has 1 heterocycles. The summed E-state index contributed by atoms with van der Waals surface area (Å²) in [6.07, 6.45) is 0. The van der Waals surface area contributed by atoms with Crippen LogP contribution in [0.5, 0.6) is 0 Å². The van der Waals surface area contributed by atoms with Crippen molar-refractivity contribution in [2.45, 2.75) is 13.8 Å². The van der Waals surface area contributed by atoms with Gasteiger partial charge in [0, 0.05) is 11.3 Å². The largest absolute Gasteiger partial charge is 0.399 e. The lowest BCUT2D eigenvalue weighted by molar-refractivity contribution is 0.786. The third-order valence-electron chi connectivity index (χ3n) is 3.44. The predicted molar refractivity (Wildman–Crippen MR) is 78.5 cm³/mol. The van der Waals surface area contributed by atoms with Crippen LogP contribution in [-0.4, -0.2) is 20.2 Å². The molecule has 0 saturated carbocycles. The van der Waals surface area contributed by atoms with Crippen molar-refractivity contribution in [2.75, 3.05) is 5.73 Å². The van der Waals surface area contributed by atoms with Crippen LogP contribution in [0, 0.1) is 13.8 Å². The summed E-state index contributed by atoms with van der Waals surface area (Å²) in [4.78, 5) is 0. The normalized spacial score (nSPS) is 10.7. The standard InChI is InChI=1S/C15H15N5/c1-10-4-3-5-14(11(10)2)20-15(17-18-19-20)12-6-8-13(16)9-7-12/h3-9H,16H2,1-2H3. The lowest BCUT2D eigenvalue weighted by atomic mass is 10.1. The molecule has 0 aliphatic heterocycles. The van der Waals surface area contributed by atoms with Crippen LogP contribution in [0.15, 0.2) is 42.5 Å². The zero-order valence-corrected chi connectivity index (χ0v) is 11.4. The number of benzene rings is 2. The molecule has 0 radical (unpaired) electrons. The SMILES string of the molecule is Cc1cccc(-n2nnnc2-c2ccc(N)cc2)c1C. The van der Waals surface area contributed by atoms with E-state index in [1.807, 2.05) is 36.4 Å². The van der Waals surface area contributed by atoms with Gasteiger partial charge in [0.05, 0.1) is 5.69 Å². The second-order valence-electron chi connectivity index (χ2n) is 4.76. The molecule has 2 aromatic carbocycles. The molecular weight excluding hydrogens is 250 g/mol. The quantitative estimate of drug-likeness (QED) is 0.723. The first kappa shape index (κ1) is 12.3. The highest BCUT2D eigenvalue weighted by Crippen LogP contribution is 2.23. The van der Waals surface area contributed by atoms with Crippen LogP contribution < -0.4 is 5.73 Å². The average Bonchev–Trinajstić information content (AvgIpc) is 2.92. The molecule has 0 atom stereocenters. The predicted octanol–water partition coefficient (Wildman–Crippen LogP) is 2.53. The number of nitrogens with zero attached hydrogens (tertiary/aromatic N) is 4. The van der Waals surface area contributed by atoms with E-state index in [0.717, 1.165) is 22.5 Å². The van der Waals surface area contributed by atoms with Gasteiger partial charge in [-0.05, 0) is 65.7 Å². The molecule has 0 aliphatic rings. The highest BCUT2D eigenvalue weighted by atomic mass is 15.5. The van der Waals surface area contributed by atoms with E-state index in [-0.39, 0.29) is 0 Å². The van der Waals surface area contributed by atoms with Gasteiger partial charge in [-0.1, -0.05) is 12.1 Å². The van der Waals surface area contributed by atoms with E-state index in [9.17, 15) is 0 Å². The maximum absolute atomic E-state index is 5.71. The van der Waals surface area contributed by atoms with E-state index in [1.165, 1.54) is 5.56 Å². The molecule has 5 nitrogen and oxygen atoms in total. The number of tetrazole rings is 1. The zero-order chi connectivity index (χ0) is 14.1. The summed E-state index contributed by atoms with van der Waals surface area (Å²) < 4.78 is 1.76. The Bertz CT molecular complexity index is 743. The number of hydrogen-bond donors (Lipinski definition) is 1. The summed E-state index contributed by atoms with van der Waals surface area (Å²) in [6.45, 7) is 4.14. The summed E-state index contributed by atoms with van der Waals surface area (Å²) in [5.74, 6) is 0.707. The molecule has 0 amide bonds. The molecule has 0 unspecified atom stereocenters. The summed E-state index contributed by atoms with van der Waals surface area (Å²) in [6, 6.07) is 13.6. The number of hydrogen-bond acceptors (Lipinski definition) is 4. The van der Waals surface area contributed by atoms with Crippen molar-refractivity contribution >= 4 is 5.69 Å². The van der Waals surface area contributed by atoms with Crippen LogP contribution in [-0.2, 0) is 0 Å². The van der Waals surface area contributed by atoms with Crippen molar-refractivity contribution in [3.05, 3.63) is 53.6 Å². The molecule has 5 heteroatoms. The fourth-order valence-corrected chi connectivity index (χ4v) is 2.13. The first-order valence-corrected chi connectivity index (χ1v) is 6.37. The number of nitrogen functional groups attached to an aromatic ring is 1. The van der Waals surface area contributed by atoms with E-state index >= 15 is 0 Å². The highest BCUT2D eigenvalue weighted by molar-refractivity contribution is 5.61. The van der Waals surface area contributed by atoms with Crippen molar-refractivity contribution in [1.29, 1.82) is 0 Å². The van der Waals surface area contributed by atoms with Crippen molar-refractivity contribution in [3.63, 3.8) is 0 Å². The van der Waals surface area contributed by atoms with Crippen molar-refractivity contribution in [3.8, 4) is 17.1 Å². The summed E-state index contributed by atoms with van der Waals surface area (Å²) >= 11 is 0. The molecule has 0 aliphatic carbocycles. The van der Waals surface area contributed by atoms with Gasteiger partial charge < -0.3 is 5.73 Å². The van der Waals surface area contributed by atoms with Gasteiger partial charge in [0.2, 0.25) is 0 Å². The van der Waals surface area contributed by atoms with Gasteiger partial charge in [-0.3, -0.25) is 0 Å². The molecule has 100 valence electrons. The van der Waals surface area contributed by atoms with Crippen molar-refractivity contribution < 1.29 is 0 Å². The minimum Gasteiger partial charge on any atom is -0.399 e. The van der Waals surface area contributed by atoms with E-state index in [0.29, 0.717) is 5.82 Å². The van der Waals surface area contributed by atoms with Gasteiger partial charge in [-0.2, -0.15) is 4.68 Å². The average molecular weight is 265 g/mol. The molecule has 20 heavy (non-hydrogen) atoms. The molecule has 0 spiro atoms. The lowest BCUT2D eigenvalue weighted by Crippen LogP contribution is -2.03. The summed E-state index contributed by atoms with van der Waals surface area (Å²) in [7, 11) is 0. The summed E-state index contributed by atoms with van der Waals surface area (Å²) in [5.41, 5.74) is 10.7. The molecular formula is C15H15N5. The van der Waals surface area contributed by atoms with Crippen molar-refractivity contribution in [2.24, 2.45) is 0 Å². The Morgan fingerprint density at radius 3 is 2.50 bits per heavy atom. The Balaban J connectivity index is 2.15. The van der Waals surface area contributed by atoms with Gasteiger partial charge >= 0.3 is 0 Å². The molecule has 3 rings (SSSR count). The Morgan fingerprint density at radius 2 is 1.75 bits per heavy atom. The number of aromatic nitrogens is 4. The maximum atomic E-state index is 5.71. The first-order chi connectivity index (χ1) is 9.66. The second-order valence-corrected chi connectivity index (χ2v) is 4.76. The van der Waals surface area contributed by atoms with Crippen LogP contribution in [0.25, 0.3) is 17.1 Å². The molecule has 0 fully saturated rings. The minimum atomic E-state index is 0.707. The van der Waals surface area contributed by atoms with Crippen LogP contribution in [0.3, 0.4) is 0 Å². The fraction of sp³-hybridized carbons (Fsp3) is 0.133. The number of anilines is 1. The monoisotopic (exact) mass is 265 g/mol. The molecule has 1 aromatic heterocycles. The van der Waals surface area contributed by atoms with Gasteiger partial charge in [0.25, 0.3) is 0 Å². The summed E-state index contributed by atoms with van der Waals surface area (Å²) in [5, 5.41) is 12.0. The van der Waals surface area contributed by atoms with E-state index in [1.54, 1.807) is 4.68 Å². The Hall–Kier alpha value is -2.69. The minimum absolute atomic E-state index is 0.707. The number of nitrogens with two attached hydrogens (primary N) is 1. The zero-order valence-electron chi connectivity index (χ0n) is 11.4. The molecule has 3 aromatic rings. The molecule has 0 bridgehead atoms. The maximum Gasteiger partial charge on any atom is 0.187 e. The topological polar surface area (TPSA) is 69.6 Å². The highest BCUT2D eigenvalue weighted by Gasteiger charge is 2.12. The number of aryl methyl sites for hydroxylation is 1. The van der Waals surface area contributed by atoms with Crippen LogP contribution >= 0.6 is 0 Å². The Morgan fingerprint density at radius 1 is 1.00 bits per heavy atom. The van der Waals surface area contributed by atoms with Gasteiger partial charge in [0.15, 0.2) is 5.82 Å². The fourth-order valence-electron chi connectivity index (χ4n) is 2.13. The van der Waals surface area contributed by atoms with Gasteiger partial charge in [0.1, 0.15) is 0 Å². The molecule has 2 N–H and O–H groups in total. The smallest absolute Gasteiger partial charge is 0.187 e. The van der Waals surface area contributed by atoms with Crippen LogP contribution in [0.2, 0.25) is 0 Å². The van der Waals surface area contributed by atoms with E-state index in [4.69, 9.17) is 5.73 Å². The third-order valence-corrected chi connectivity index (χ3v) is 3.44. The van der Waals surface area contributed by atoms with Crippen molar-refractivity contribution in [1.82, 2.24) is 20.2 Å². The van der Waals surface area contributed by atoms with Gasteiger partial charge in [-0.25, -0.2) is 0 Å². The second kappa shape index (κ2) is 4.77. The van der Waals surface area contributed by atoms with Gasteiger partial charge in [-0.15, -0.1) is 5.10 Å². The third kappa shape index (κ3) is 2.03. The van der Waals surface area contributed by atoms with E-state index < -0.39 is 0 Å². The Labute approximate surface area is 117 Å². The van der Waals surface area contributed by atoms with Crippen LogP contribution in [0.1, 0.15) is 11.1 Å².